The molecule has 2 nitrogen and oxygen atoms in total. The Labute approximate surface area is 108 Å². The van der Waals surface area contributed by atoms with Crippen LogP contribution in [0, 0.1) is 18.7 Å². The number of carbonyl (C=O) groups is 1. The van der Waals surface area contributed by atoms with Crippen molar-refractivity contribution in [2.45, 2.75) is 39.5 Å². The van der Waals surface area contributed by atoms with Gasteiger partial charge in [-0.25, -0.2) is 4.39 Å². The van der Waals surface area contributed by atoms with Gasteiger partial charge in [-0.05, 0) is 56.0 Å². The average molecular weight is 251 g/mol. The first-order chi connectivity index (χ1) is 8.58. The van der Waals surface area contributed by atoms with Crippen molar-refractivity contribution in [1.82, 2.24) is 0 Å². The van der Waals surface area contributed by atoms with E-state index in [0.717, 1.165) is 19.3 Å². The number of benzene rings is 1. The van der Waals surface area contributed by atoms with Crippen molar-refractivity contribution >= 4 is 5.78 Å². The van der Waals surface area contributed by atoms with Gasteiger partial charge in [-0.2, -0.15) is 0 Å². The molecule has 0 saturated heterocycles. The molecular weight excluding hydrogens is 229 g/mol. The maximum absolute atomic E-state index is 13.1. The molecule has 0 aliphatic carbocycles. The number of rotatable bonds is 7. The molecule has 2 N–H and O–H groups in total. The van der Waals surface area contributed by atoms with Crippen LogP contribution in [0.25, 0.3) is 0 Å². The third kappa shape index (κ3) is 4.22. The first kappa shape index (κ1) is 14.8. The largest absolute Gasteiger partial charge is 0.330 e. The van der Waals surface area contributed by atoms with Gasteiger partial charge in [0.15, 0.2) is 5.78 Å². The lowest BCUT2D eigenvalue weighted by molar-refractivity contribution is 0.0972. The monoisotopic (exact) mass is 251 g/mol. The Hall–Kier alpha value is -1.22. The molecule has 0 amide bonds. The molecule has 1 aromatic carbocycles. The van der Waals surface area contributed by atoms with E-state index in [1.807, 2.05) is 0 Å². The highest BCUT2D eigenvalue weighted by atomic mass is 19.1. The molecule has 1 aromatic rings. The highest BCUT2D eigenvalue weighted by Gasteiger charge is 2.11. The van der Waals surface area contributed by atoms with Crippen molar-refractivity contribution in [3.05, 3.63) is 35.1 Å². The van der Waals surface area contributed by atoms with Gasteiger partial charge in [0, 0.05) is 12.0 Å². The number of hydrogen-bond acceptors (Lipinski definition) is 2. The fraction of sp³-hybridized carbons (Fsp3) is 0.533. The number of carbonyl (C=O) groups excluding carboxylic acids is 1. The van der Waals surface area contributed by atoms with Crippen LogP contribution < -0.4 is 5.73 Å². The standard InChI is InChI=1S/C15H22FNO/c1-3-12(8-9-17)4-7-15(18)13-5-6-14(16)11(2)10-13/h5-6,10,12H,3-4,7-9,17H2,1-2H3. The van der Waals surface area contributed by atoms with E-state index in [0.29, 0.717) is 30.0 Å². The summed E-state index contributed by atoms with van der Waals surface area (Å²) in [6.45, 7) is 4.46. The van der Waals surface area contributed by atoms with E-state index in [4.69, 9.17) is 5.73 Å². The molecule has 0 heterocycles. The van der Waals surface area contributed by atoms with E-state index in [1.165, 1.54) is 6.07 Å². The summed E-state index contributed by atoms with van der Waals surface area (Å²) < 4.78 is 13.1. The van der Waals surface area contributed by atoms with E-state index in [9.17, 15) is 9.18 Å². The summed E-state index contributed by atoms with van der Waals surface area (Å²) in [5, 5.41) is 0. The molecule has 1 atom stereocenters. The van der Waals surface area contributed by atoms with E-state index >= 15 is 0 Å². The lowest BCUT2D eigenvalue weighted by Crippen LogP contribution is -2.10. The molecule has 18 heavy (non-hydrogen) atoms. The van der Waals surface area contributed by atoms with Gasteiger partial charge in [-0.15, -0.1) is 0 Å². The lowest BCUT2D eigenvalue weighted by atomic mass is 9.93. The second-order valence-electron chi connectivity index (χ2n) is 4.78. The maximum Gasteiger partial charge on any atom is 0.162 e. The smallest absolute Gasteiger partial charge is 0.162 e. The predicted octanol–water partition coefficient (Wildman–Crippen LogP) is 3.47. The SMILES string of the molecule is CCC(CCN)CCC(=O)c1ccc(F)c(C)c1. The maximum atomic E-state index is 13.1. The number of Topliss-reactive ketones (excluding diaryl/α,β-unsaturated/α-hetero) is 1. The van der Waals surface area contributed by atoms with Crippen molar-refractivity contribution in [3.8, 4) is 0 Å². The van der Waals surface area contributed by atoms with Gasteiger partial charge in [0.1, 0.15) is 5.82 Å². The minimum absolute atomic E-state index is 0.0913. The molecule has 0 fully saturated rings. The van der Waals surface area contributed by atoms with Gasteiger partial charge in [-0.3, -0.25) is 4.79 Å². The molecule has 0 saturated carbocycles. The summed E-state index contributed by atoms with van der Waals surface area (Å²) in [6.07, 6.45) is 3.39. The van der Waals surface area contributed by atoms with Gasteiger partial charge in [0.25, 0.3) is 0 Å². The Morgan fingerprint density at radius 3 is 2.67 bits per heavy atom. The third-order valence-electron chi connectivity index (χ3n) is 3.41. The van der Waals surface area contributed by atoms with Gasteiger partial charge in [0.05, 0.1) is 0 Å². The van der Waals surface area contributed by atoms with Crippen LogP contribution in [0.3, 0.4) is 0 Å². The van der Waals surface area contributed by atoms with Crippen LogP contribution in [-0.4, -0.2) is 12.3 Å². The predicted molar refractivity (Wildman–Crippen MR) is 72.2 cm³/mol. The molecule has 0 radical (unpaired) electrons. The highest BCUT2D eigenvalue weighted by Crippen LogP contribution is 2.18. The number of ketones is 1. The summed E-state index contributed by atoms with van der Waals surface area (Å²) in [5.41, 5.74) is 6.66. The first-order valence-electron chi connectivity index (χ1n) is 6.57. The Morgan fingerprint density at radius 1 is 1.39 bits per heavy atom. The second kappa shape index (κ2) is 7.27. The number of aryl methyl sites for hydroxylation is 1. The normalized spacial score (nSPS) is 12.4. The van der Waals surface area contributed by atoms with Crippen molar-refractivity contribution in [2.24, 2.45) is 11.7 Å². The van der Waals surface area contributed by atoms with Crippen LogP contribution in [0.1, 0.15) is 48.5 Å². The first-order valence-corrected chi connectivity index (χ1v) is 6.57. The van der Waals surface area contributed by atoms with E-state index in [2.05, 4.69) is 6.92 Å². The van der Waals surface area contributed by atoms with E-state index < -0.39 is 0 Å². The summed E-state index contributed by atoms with van der Waals surface area (Å²) in [5.74, 6) is 0.343. The molecule has 0 aromatic heterocycles. The Morgan fingerprint density at radius 2 is 2.11 bits per heavy atom. The van der Waals surface area contributed by atoms with Crippen LogP contribution in [0.5, 0.6) is 0 Å². The van der Waals surface area contributed by atoms with Crippen LogP contribution in [0.4, 0.5) is 4.39 Å². The van der Waals surface area contributed by atoms with Gasteiger partial charge < -0.3 is 5.73 Å². The Bertz CT molecular complexity index is 403. The summed E-state index contributed by atoms with van der Waals surface area (Å²) in [4.78, 5) is 12.0. The Balaban J connectivity index is 2.57. The van der Waals surface area contributed by atoms with Crippen molar-refractivity contribution < 1.29 is 9.18 Å². The second-order valence-corrected chi connectivity index (χ2v) is 4.78. The van der Waals surface area contributed by atoms with E-state index in [-0.39, 0.29) is 11.6 Å². The number of halogens is 1. The van der Waals surface area contributed by atoms with Crippen LogP contribution in [0.2, 0.25) is 0 Å². The van der Waals surface area contributed by atoms with Gasteiger partial charge in [-0.1, -0.05) is 13.3 Å². The van der Waals surface area contributed by atoms with E-state index in [1.54, 1.807) is 19.1 Å². The minimum atomic E-state index is -0.263. The summed E-state index contributed by atoms with van der Waals surface area (Å²) >= 11 is 0. The van der Waals surface area contributed by atoms with Crippen molar-refractivity contribution in [2.75, 3.05) is 6.54 Å². The zero-order chi connectivity index (χ0) is 13.5. The minimum Gasteiger partial charge on any atom is -0.330 e. The van der Waals surface area contributed by atoms with Gasteiger partial charge in [0.2, 0.25) is 0 Å². The van der Waals surface area contributed by atoms with Crippen molar-refractivity contribution in [3.63, 3.8) is 0 Å². The highest BCUT2D eigenvalue weighted by molar-refractivity contribution is 5.96. The van der Waals surface area contributed by atoms with Crippen LogP contribution in [0.15, 0.2) is 18.2 Å². The molecule has 3 heteroatoms. The molecule has 1 rings (SSSR count). The molecule has 100 valence electrons. The zero-order valence-electron chi connectivity index (χ0n) is 11.2. The summed E-state index contributed by atoms with van der Waals surface area (Å²) in [7, 11) is 0. The van der Waals surface area contributed by atoms with Crippen LogP contribution >= 0.6 is 0 Å². The summed E-state index contributed by atoms with van der Waals surface area (Å²) in [6, 6.07) is 4.55. The molecule has 1 unspecified atom stereocenters. The molecule has 0 spiro atoms. The van der Waals surface area contributed by atoms with Gasteiger partial charge >= 0.3 is 0 Å². The zero-order valence-corrected chi connectivity index (χ0v) is 11.2. The molecule has 0 bridgehead atoms. The van der Waals surface area contributed by atoms with Crippen molar-refractivity contribution in [1.29, 1.82) is 0 Å². The average Bonchev–Trinajstić information content (AvgIpc) is 2.37. The fourth-order valence-electron chi connectivity index (χ4n) is 2.09. The molecule has 0 aliphatic heterocycles. The quantitative estimate of drug-likeness (QED) is 0.754. The number of nitrogens with two attached hydrogens (primary N) is 1. The number of hydrogen-bond donors (Lipinski definition) is 1. The Kier molecular flexibility index (Phi) is 5.99. The lowest BCUT2D eigenvalue weighted by Gasteiger charge is -2.12. The fourth-order valence-corrected chi connectivity index (χ4v) is 2.09. The molecule has 0 aliphatic rings. The van der Waals surface area contributed by atoms with Crippen LogP contribution in [-0.2, 0) is 0 Å². The molecular formula is C15H22FNO. The third-order valence-corrected chi connectivity index (χ3v) is 3.41. The topological polar surface area (TPSA) is 43.1 Å².